The lowest BCUT2D eigenvalue weighted by Crippen LogP contribution is -2.02. The number of benzene rings is 1. The molecule has 76 valence electrons. The molecule has 0 bridgehead atoms. The van der Waals surface area contributed by atoms with Crippen LogP contribution in [-0.4, -0.2) is 31.3 Å². The lowest BCUT2D eigenvalue weighted by Gasteiger charge is -1.96. The summed E-state index contributed by atoms with van der Waals surface area (Å²) in [6.45, 7) is 0. The van der Waals surface area contributed by atoms with Gasteiger partial charge in [0.2, 0.25) is 0 Å². The molecule has 2 aromatic rings. The highest BCUT2D eigenvalue weighted by Crippen LogP contribution is 2.12. The number of nitrogens with zero attached hydrogens (tertiary/aromatic N) is 4. The Kier molecular flexibility index (Phi) is 2.46. The van der Waals surface area contributed by atoms with Crippen molar-refractivity contribution >= 4 is 21.9 Å². The lowest BCUT2D eigenvalue weighted by atomic mass is 10.3. The summed E-state index contributed by atoms with van der Waals surface area (Å²) in [6, 6.07) is 7.10. The molecule has 6 nitrogen and oxygen atoms in total. The molecule has 2 rings (SSSR count). The number of carboxylic acid groups (broad SMARTS) is 1. The van der Waals surface area contributed by atoms with Crippen molar-refractivity contribution in [2.24, 2.45) is 0 Å². The van der Waals surface area contributed by atoms with Gasteiger partial charge in [0.15, 0.2) is 0 Å². The summed E-state index contributed by atoms with van der Waals surface area (Å²) in [6.07, 6.45) is 0. The minimum absolute atomic E-state index is 0.321. The van der Waals surface area contributed by atoms with E-state index in [0.717, 1.165) is 9.27 Å². The molecule has 0 radical (unpaired) electrons. The molecule has 1 aromatic heterocycles. The van der Waals surface area contributed by atoms with Gasteiger partial charge in [-0.15, -0.1) is 15.0 Å². The van der Waals surface area contributed by atoms with Crippen LogP contribution >= 0.6 is 15.9 Å². The summed E-state index contributed by atoms with van der Waals surface area (Å²) in [5.74, 6) is -1.52. The first-order chi connectivity index (χ1) is 7.16. The monoisotopic (exact) mass is 268 g/mol. The van der Waals surface area contributed by atoms with E-state index in [9.17, 15) is 4.79 Å². The van der Waals surface area contributed by atoms with Gasteiger partial charge in [-0.1, -0.05) is 15.9 Å². The molecule has 0 spiro atoms. The van der Waals surface area contributed by atoms with Crippen molar-refractivity contribution in [2.45, 2.75) is 0 Å². The highest BCUT2D eigenvalue weighted by Gasteiger charge is 2.10. The minimum atomic E-state index is -1.20. The molecule has 0 aliphatic heterocycles. The van der Waals surface area contributed by atoms with Crippen molar-refractivity contribution < 1.29 is 9.90 Å². The van der Waals surface area contributed by atoms with E-state index in [1.54, 1.807) is 24.3 Å². The third-order valence-electron chi connectivity index (χ3n) is 1.66. The zero-order chi connectivity index (χ0) is 10.8. The topological polar surface area (TPSA) is 80.9 Å². The number of hydrogen-bond acceptors (Lipinski definition) is 4. The second-order valence-electron chi connectivity index (χ2n) is 2.68. The van der Waals surface area contributed by atoms with Crippen LogP contribution in [0.1, 0.15) is 10.6 Å². The van der Waals surface area contributed by atoms with Crippen LogP contribution in [0.15, 0.2) is 28.7 Å². The molecular weight excluding hydrogens is 264 g/mol. The summed E-state index contributed by atoms with van der Waals surface area (Å²) < 4.78 is 0.921. The Balaban J connectivity index is 2.37. The standard InChI is InChI=1S/C8H5BrN4O2/c9-5-1-3-6(4-2-5)13-11-7(8(14)15)10-12-13/h1-4H,(H,14,15). The number of hydrogen-bond donors (Lipinski definition) is 1. The second kappa shape index (κ2) is 3.77. The van der Waals surface area contributed by atoms with Crippen molar-refractivity contribution in [3.8, 4) is 5.69 Å². The smallest absolute Gasteiger partial charge is 0.377 e. The van der Waals surface area contributed by atoms with Gasteiger partial charge >= 0.3 is 5.97 Å². The van der Waals surface area contributed by atoms with Gasteiger partial charge in [-0.3, -0.25) is 0 Å². The van der Waals surface area contributed by atoms with Crippen LogP contribution in [-0.2, 0) is 0 Å². The van der Waals surface area contributed by atoms with E-state index >= 15 is 0 Å². The van der Waals surface area contributed by atoms with Crippen molar-refractivity contribution in [3.63, 3.8) is 0 Å². The van der Waals surface area contributed by atoms with E-state index in [1.807, 2.05) is 0 Å². The fraction of sp³-hybridized carbons (Fsp3) is 0. The molecule has 0 atom stereocenters. The van der Waals surface area contributed by atoms with Gasteiger partial charge in [0.1, 0.15) is 0 Å². The quantitative estimate of drug-likeness (QED) is 0.883. The Bertz CT molecular complexity index is 494. The van der Waals surface area contributed by atoms with E-state index in [2.05, 4.69) is 31.3 Å². The van der Waals surface area contributed by atoms with E-state index in [1.165, 1.54) is 0 Å². The Morgan fingerprint density at radius 2 is 2.00 bits per heavy atom. The van der Waals surface area contributed by atoms with E-state index in [0.29, 0.717) is 5.69 Å². The molecule has 0 saturated heterocycles. The van der Waals surface area contributed by atoms with Crippen molar-refractivity contribution in [3.05, 3.63) is 34.6 Å². The second-order valence-corrected chi connectivity index (χ2v) is 3.60. The Morgan fingerprint density at radius 3 is 2.53 bits per heavy atom. The Labute approximate surface area is 92.7 Å². The van der Waals surface area contributed by atoms with E-state index < -0.39 is 5.97 Å². The molecule has 1 N–H and O–H groups in total. The number of aromatic nitrogens is 4. The molecule has 7 heteroatoms. The van der Waals surface area contributed by atoms with Gasteiger partial charge in [-0.05, 0) is 29.5 Å². The number of carbonyl (C=O) groups is 1. The highest BCUT2D eigenvalue weighted by atomic mass is 79.9. The molecule has 0 saturated carbocycles. The SMILES string of the molecule is O=C(O)c1nnn(-c2ccc(Br)cc2)n1. The van der Waals surface area contributed by atoms with E-state index in [-0.39, 0.29) is 5.82 Å². The molecule has 0 fully saturated rings. The largest absolute Gasteiger partial charge is 0.475 e. The van der Waals surface area contributed by atoms with Gasteiger partial charge in [-0.2, -0.15) is 0 Å². The van der Waals surface area contributed by atoms with Crippen LogP contribution in [0.4, 0.5) is 0 Å². The fourth-order valence-electron chi connectivity index (χ4n) is 0.984. The zero-order valence-electron chi connectivity index (χ0n) is 7.33. The van der Waals surface area contributed by atoms with Crippen LogP contribution in [0.25, 0.3) is 5.69 Å². The zero-order valence-corrected chi connectivity index (χ0v) is 8.92. The number of tetrazole rings is 1. The first-order valence-electron chi connectivity index (χ1n) is 3.96. The van der Waals surface area contributed by atoms with Crippen molar-refractivity contribution in [2.75, 3.05) is 0 Å². The number of halogens is 1. The maximum absolute atomic E-state index is 10.5. The average molecular weight is 269 g/mol. The van der Waals surface area contributed by atoms with Gasteiger partial charge < -0.3 is 5.11 Å². The van der Waals surface area contributed by atoms with Crippen LogP contribution in [0, 0.1) is 0 Å². The molecule has 1 heterocycles. The van der Waals surface area contributed by atoms with Gasteiger partial charge in [0, 0.05) is 4.47 Å². The van der Waals surface area contributed by atoms with Crippen molar-refractivity contribution in [1.29, 1.82) is 0 Å². The van der Waals surface area contributed by atoms with Crippen molar-refractivity contribution in [1.82, 2.24) is 20.2 Å². The maximum Gasteiger partial charge on any atom is 0.377 e. The molecule has 0 aliphatic carbocycles. The van der Waals surface area contributed by atoms with Crippen LogP contribution in [0.3, 0.4) is 0 Å². The third kappa shape index (κ3) is 2.01. The molecule has 1 aromatic carbocycles. The first-order valence-corrected chi connectivity index (χ1v) is 4.75. The summed E-state index contributed by atoms with van der Waals surface area (Å²) in [5, 5.41) is 19.3. The molecular formula is C8H5BrN4O2. The summed E-state index contributed by atoms with van der Waals surface area (Å²) in [7, 11) is 0. The average Bonchev–Trinajstić information content (AvgIpc) is 2.68. The molecule has 0 amide bonds. The van der Waals surface area contributed by atoms with Gasteiger partial charge in [0.05, 0.1) is 5.69 Å². The Hall–Kier alpha value is -1.76. The van der Waals surface area contributed by atoms with Gasteiger partial charge in [0.25, 0.3) is 5.82 Å². The lowest BCUT2D eigenvalue weighted by molar-refractivity contribution is 0.0683. The predicted molar refractivity (Wildman–Crippen MR) is 53.8 cm³/mol. The summed E-state index contributed by atoms with van der Waals surface area (Å²) in [5.41, 5.74) is 0.651. The fourth-order valence-corrected chi connectivity index (χ4v) is 1.25. The highest BCUT2D eigenvalue weighted by molar-refractivity contribution is 9.10. The van der Waals surface area contributed by atoms with Crippen LogP contribution < -0.4 is 0 Å². The van der Waals surface area contributed by atoms with Crippen LogP contribution in [0.2, 0.25) is 0 Å². The number of carboxylic acids is 1. The molecule has 0 aliphatic rings. The van der Waals surface area contributed by atoms with E-state index in [4.69, 9.17) is 5.11 Å². The normalized spacial score (nSPS) is 10.2. The summed E-state index contributed by atoms with van der Waals surface area (Å²) >= 11 is 3.29. The van der Waals surface area contributed by atoms with Crippen LogP contribution in [0.5, 0.6) is 0 Å². The molecule has 15 heavy (non-hydrogen) atoms. The third-order valence-corrected chi connectivity index (χ3v) is 2.19. The number of rotatable bonds is 2. The first kappa shape index (κ1) is 9.78. The Morgan fingerprint density at radius 1 is 1.33 bits per heavy atom. The summed E-state index contributed by atoms with van der Waals surface area (Å²) in [4.78, 5) is 11.7. The maximum atomic E-state index is 10.5. The number of aromatic carboxylic acids is 1. The van der Waals surface area contributed by atoms with Gasteiger partial charge in [-0.25, -0.2) is 4.79 Å². The predicted octanol–water partition coefficient (Wildman–Crippen LogP) is 1.12. The molecule has 0 unspecified atom stereocenters. The minimum Gasteiger partial charge on any atom is -0.475 e.